The number of hydrogen-bond donors (Lipinski definition) is 1. The minimum Gasteiger partial charge on any atom is -0.478 e. The molecule has 0 fully saturated rings. The highest BCUT2D eigenvalue weighted by atomic mass is 35.5. The lowest BCUT2D eigenvalue weighted by molar-refractivity contribution is 0.0696. The summed E-state index contributed by atoms with van der Waals surface area (Å²) in [6, 6.07) is 6.33. The number of carboxylic acids is 1. The number of rotatable bonds is 2. The monoisotopic (exact) mass is 301 g/mol. The van der Waals surface area contributed by atoms with Crippen molar-refractivity contribution in [3.05, 3.63) is 51.2 Å². The van der Waals surface area contributed by atoms with Gasteiger partial charge in [-0.1, -0.05) is 34.8 Å². The average molecular weight is 303 g/mol. The first-order chi connectivity index (χ1) is 8.49. The van der Waals surface area contributed by atoms with E-state index in [1.807, 2.05) is 0 Å². The van der Waals surface area contributed by atoms with E-state index in [0.29, 0.717) is 21.2 Å². The van der Waals surface area contributed by atoms with Crippen LogP contribution in [-0.2, 0) is 0 Å². The van der Waals surface area contributed by atoms with E-state index in [-0.39, 0.29) is 10.7 Å². The molecule has 0 aliphatic rings. The van der Waals surface area contributed by atoms with Crippen LogP contribution in [0.25, 0.3) is 11.1 Å². The van der Waals surface area contributed by atoms with Crippen molar-refractivity contribution in [3.8, 4) is 11.1 Å². The Kier molecular flexibility index (Phi) is 3.76. The van der Waals surface area contributed by atoms with Crippen LogP contribution in [0.2, 0.25) is 15.2 Å². The zero-order valence-corrected chi connectivity index (χ0v) is 11.1. The summed E-state index contributed by atoms with van der Waals surface area (Å²) in [5.41, 5.74) is 1.07. The number of pyridine rings is 1. The molecule has 0 spiro atoms. The summed E-state index contributed by atoms with van der Waals surface area (Å²) in [6.07, 6.45) is 1.45. The zero-order chi connectivity index (χ0) is 13.3. The van der Waals surface area contributed by atoms with E-state index in [2.05, 4.69) is 4.98 Å². The molecule has 0 aliphatic carbocycles. The lowest BCUT2D eigenvalue weighted by Crippen LogP contribution is -1.99. The second kappa shape index (κ2) is 5.14. The molecule has 0 radical (unpaired) electrons. The highest BCUT2D eigenvalue weighted by Crippen LogP contribution is 2.31. The van der Waals surface area contributed by atoms with Crippen LogP contribution in [0.4, 0.5) is 0 Å². The Hall–Kier alpha value is -1.29. The van der Waals surface area contributed by atoms with Crippen molar-refractivity contribution in [2.75, 3.05) is 0 Å². The van der Waals surface area contributed by atoms with Gasteiger partial charge in [-0.05, 0) is 24.3 Å². The molecule has 0 bridgehead atoms. The van der Waals surface area contributed by atoms with Gasteiger partial charge in [0.15, 0.2) is 0 Å². The Bertz CT molecular complexity index is 629. The minimum atomic E-state index is -1.15. The summed E-state index contributed by atoms with van der Waals surface area (Å²) in [7, 11) is 0. The summed E-state index contributed by atoms with van der Waals surface area (Å²) in [5, 5.41) is 9.87. The van der Waals surface area contributed by atoms with E-state index in [0.717, 1.165) is 0 Å². The molecule has 2 rings (SSSR count). The number of nitrogens with zero attached hydrogens (tertiary/aromatic N) is 1. The van der Waals surface area contributed by atoms with Gasteiger partial charge in [0.2, 0.25) is 0 Å². The SMILES string of the molecule is O=C(O)c1cc(-c2cc(Cl)ccc2Cl)cnc1Cl. The Labute approximate surface area is 118 Å². The highest BCUT2D eigenvalue weighted by molar-refractivity contribution is 6.35. The van der Waals surface area contributed by atoms with Crippen LogP contribution in [0.15, 0.2) is 30.5 Å². The van der Waals surface area contributed by atoms with Crippen LogP contribution in [0.1, 0.15) is 10.4 Å². The molecular formula is C12H6Cl3NO2. The summed E-state index contributed by atoms with van der Waals surface area (Å²) < 4.78 is 0. The van der Waals surface area contributed by atoms with Crippen LogP contribution in [0.3, 0.4) is 0 Å². The second-order valence-electron chi connectivity index (χ2n) is 3.49. The third-order valence-electron chi connectivity index (χ3n) is 2.31. The van der Waals surface area contributed by atoms with E-state index in [1.54, 1.807) is 18.2 Å². The predicted octanol–water partition coefficient (Wildman–Crippen LogP) is 4.41. The van der Waals surface area contributed by atoms with E-state index >= 15 is 0 Å². The third-order valence-corrected chi connectivity index (χ3v) is 3.17. The fourth-order valence-corrected chi connectivity index (χ4v) is 2.05. The maximum atomic E-state index is 11.0. The smallest absolute Gasteiger partial charge is 0.338 e. The molecule has 6 heteroatoms. The van der Waals surface area contributed by atoms with Gasteiger partial charge in [0, 0.05) is 27.4 Å². The topological polar surface area (TPSA) is 50.2 Å². The molecule has 1 aromatic carbocycles. The molecule has 0 saturated heterocycles. The normalized spacial score (nSPS) is 10.4. The number of aromatic carboxylic acids is 1. The van der Waals surface area contributed by atoms with Gasteiger partial charge in [-0.2, -0.15) is 0 Å². The maximum absolute atomic E-state index is 11.0. The zero-order valence-electron chi connectivity index (χ0n) is 8.82. The molecule has 0 aliphatic heterocycles. The van der Waals surface area contributed by atoms with E-state index in [1.165, 1.54) is 12.3 Å². The van der Waals surface area contributed by atoms with Gasteiger partial charge in [0.1, 0.15) is 5.15 Å². The molecule has 1 N–H and O–H groups in total. The number of aromatic nitrogens is 1. The summed E-state index contributed by atoms with van der Waals surface area (Å²) in [4.78, 5) is 14.8. The van der Waals surface area contributed by atoms with Crippen LogP contribution in [-0.4, -0.2) is 16.1 Å². The molecule has 0 unspecified atom stereocenters. The maximum Gasteiger partial charge on any atom is 0.338 e. The Morgan fingerprint density at radius 1 is 1.17 bits per heavy atom. The highest BCUT2D eigenvalue weighted by Gasteiger charge is 2.13. The van der Waals surface area contributed by atoms with Gasteiger partial charge in [-0.25, -0.2) is 9.78 Å². The van der Waals surface area contributed by atoms with E-state index in [9.17, 15) is 4.79 Å². The molecule has 3 nitrogen and oxygen atoms in total. The first kappa shape index (κ1) is 13.1. The third kappa shape index (κ3) is 2.58. The lowest BCUT2D eigenvalue weighted by Gasteiger charge is -2.06. The van der Waals surface area contributed by atoms with E-state index in [4.69, 9.17) is 39.9 Å². The van der Waals surface area contributed by atoms with Gasteiger partial charge in [0.05, 0.1) is 5.56 Å². The average Bonchev–Trinajstić information content (AvgIpc) is 2.33. The van der Waals surface area contributed by atoms with Crippen molar-refractivity contribution in [3.63, 3.8) is 0 Å². The van der Waals surface area contributed by atoms with Crippen molar-refractivity contribution < 1.29 is 9.90 Å². The molecule has 1 aromatic heterocycles. The van der Waals surface area contributed by atoms with Crippen molar-refractivity contribution in [1.29, 1.82) is 0 Å². The fraction of sp³-hybridized carbons (Fsp3) is 0. The van der Waals surface area contributed by atoms with Gasteiger partial charge in [-0.15, -0.1) is 0 Å². The minimum absolute atomic E-state index is 0.0654. The van der Waals surface area contributed by atoms with E-state index < -0.39 is 5.97 Å². The Morgan fingerprint density at radius 2 is 1.89 bits per heavy atom. The van der Waals surface area contributed by atoms with Crippen LogP contribution in [0, 0.1) is 0 Å². The van der Waals surface area contributed by atoms with Crippen LogP contribution < -0.4 is 0 Å². The molecule has 1 heterocycles. The lowest BCUT2D eigenvalue weighted by atomic mass is 10.1. The van der Waals surface area contributed by atoms with Crippen molar-refractivity contribution in [2.24, 2.45) is 0 Å². The van der Waals surface area contributed by atoms with Crippen molar-refractivity contribution in [2.45, 2.75) is 0 Å². The molecule has 92 valence electrons. The van der Waals surface area contributed by atoms with Gasteiger partial charge in [0.25, 0.3) is 0 Å². The van der Waals surface area contributed by atoms with Crippen molar-refractivity contribution >= 4 is 40.8 Å². The first-order valence-electron chi connectivity index (χ1n) is 4.83. The fourth-order valence-electron chi connectivity index (χ4n) is 1.46. The molecular weight excluding hydrogens is 296 g/mol. The number of halogens is 3. The van der Waals surface area contributed by atoms with Crippen molar-refractivity contribution in [1.82, 2.24) is 4.98 Å². The van der Waals surface area contributed by atoms with Gasteiger partial charge < -0.3 is 5.11 Å². The molecule has 2 aromatic rings. The Balaban J connectivity index is 2.61. The number of hydrogen-bond acceptors (Lipinski definition) is 2. The number of benzene rings is 1. The van der Waals surface area contributed by atoms with Gasteiger partial charge >= 0.3 is 5.97 Å². The summed E-state index contributed by atoms with van der Waals surface area (Å²) >= 11 is 17.6. The molecule has 0 saturated carbocycles. The molecule has 0 atom stereocenters. The predicted molar refractivity (Wildman–Crippen MR) is 71.7 cm³/mol. The van der Waals surface area contributed by atoms with Crippen LogP contribution in [0.5, 0.6) is 0 Å². The largest absolute Gasteiger partial charge is 0.478 e. The second-order valence-corrected chi connectivity index (χ2v) is 4.69. The number of carbonyl (C=O) groups is 1. The number of carboxylic acid groups (broad SMARTS) is 1. The Morgan fingerprint density at radius 3 is 2.56 bits per heavy atom. The quantitative estimate of drug-likeness (QED) is 0.836. The molecule has 18 heavy (non-hydrogen) atoms. The standard InChI is InChI=1S/C12H6Cl3NO2/c13-7-1-2-10(14)8(4-7)6-3-9(12(17)18)11(15)16-5-6/h1-5H,(H,17,18). The first-order valence-corrected chi connectivity index (χ1v) is 5.96. The van der Waals surface area contributed by atoms with Crippen LogP contribution >= 0.6 is 34.8 Å². The molecule has 0 amide bonds. The summed E-state index contributed by atoms with van der Waals surface area (Å²) in [6.45, 7) is 0. The van der Waals surface area contributed by atoms with Gasteiger partial charge in [-0.3, -0.25) is 0 Å². The summed E-state index contributed by atoms with van der Waals surface area (Å²) in [5.74, 6) is -1.15.